The van der Waals surface area contributed by atoms with Crippen LogP contribution in [0.1, 0.15) is 62.5 Å². The predicted octanol–water partition coefficient (Wildman–Crippen LogP) is 4.31. The van der Waals surface area contributed by atoms with Gasteiger partial charge in [0.1, 0.15) is 17.3 Å². The molecule has 0 saturated heterocycles. The molecule has 0 unspecified atom stereocenters. The first-order valence-electron chi connectivity index (χ1n) is 13.3. The summed E-state index contributed by atoms with van der Waals surface area (Å²) in [6.45, 7) is 4.63. The van der Waals surface area contributed by atoms with Gasteiger partial charge in [-0.25, -0.2) is 19.7 Å². The summed E-state index contributed by atoms with van der Waals surface area (Å²) in [5, 5.41) is 5.12. The molecule has 2 amide bonds. The van der Waals surface area contributed by atoms with Crippen LogP contribution in [0, 0.1) is 0 Å². The van der Waals surface area contributed by atoms with E-state index < -0.39 is 32.1 Å². The second-order valence-corrected chi connectivity index (χ2v) is 14.7. The highest BCUT2D eigenvalue weighted by Gasteiger charge is 2.34. The Hall–Kier alpha value is -2.54. The quantitative estimate of drug-likeness (QED) is 0.420. The largest absolute Gasteiger partial charge is 0.447 e. The van der Waals surface area contributed by atoms with Gasteiger partial charge >= 0.3 is 6.09 Å². The first-order valence-corrected chi connectivity index (χ1v) is 15.7. The zero-order chi connectivity index (χ0) is 29.4. The van der Waals surface area contributed by atoms with Crippen LogP contribution in [0.2, 0.25) is 0 Å². The summed E-state index contributed by atoms with van der Waals surface area (Å²) in [6, 6.07) is 0. The van der Waals surface area contributed by atoms with E-state index in [1.54, 1.807) is 13.8 Å². The van der Waals surface area contributed by atoms with Crippen molar-refractivity contribution < 1.29 is 18.5 Å². The van der Waals surface area contributed by atoms with Gasteiger partial charge in [-0.15, -0.1) is 0 Å². The third-order valence-electron chi connectivity index (χ3n) is 7.20. The molecular formula is C26H30Cl3N7O4S. The molecule has 0 bridgehead atoms. The zero-order valence-corrected chi connectivity index (χ0v) is 25.7. The minimum atomic E-state index is -2.30. The molecule has 11 nitrogen and oxygen atoms in total. The average Bonchev–Trinajstić information content (AvgIpc) is 3.27. The van der Waals surface area contributed by atoms with Crippen LogP contribution in [-0.4, -0.2) is 70.9 Å². The Bertz CT molecular complexity index is 1390. The average molecular weight is 643 g/mol. The molecule has 1 fully saturated rings. The fourth-order valence-corrected chi connectivity index (χ4v) is 6.17. The highest BCUT2D eigenvalue weighted by atomic mass is 35.6. The lowest BCUT2D eigenvalue weighted by atomic mass is 9.81. The number of rotatable bonds is 7. The molecule has 0 radical (unpaired) electrons. The zero-order valence-electron chi connectivity index (χ0n) is 22.6. The van der Waals surface area contributed by atoms with Crippen molar-refractivity contribution in [3.63, 3.8) is 0 Å². The molecule has 5 rings (SSSR count). The summed E-state index contributed by atoms with van der Waals surface area (Å²) in [5.41, 5.74) is 2.17. The van der Waals surface area contributed by atoms with E-state index in [4.69, 9.17) is 49.5 Å². The number of alkyl carbamates (subject to hydrolysis) is 1. The third-order valence-corrected chi connectivity index (χ3v) is 9.17. The van der Waals surface area contributed by atoms with Gasteiger partial charge in [-0.2, -0.15) is 4.98 Å². The van der Waals surface area contributed by atoms with Crippen LogP contribution in [0.5, 0.6) is 0 Å². The van der Waals surface area contributed by atoms with Crippen molar-refractivity contribution in [3.05, 3.63) is 35.6 Å². The molecular weight excluding hydrogens is 613 g/mol. The number of hydrogen-bond acceptors (Lipinski definition) is 10. The molecule has 41 heavy (non-hydrogen) atoms. The maximum Gasteiger partial charge on any atom is 0.414 e. The van der Waals surface area contributed by atoms with E-state index in [1.807, 2.05) is 17.7 Å². The molecule has 2 aromatic rings. The fraction of sp³-hybridized carbons (Fsp3) is 0.538. The molecule has 4 heterocycles. The number of amides is 2. The number of carbonyl (C=O) groups is 2. The summed E-state index contributed by atoms with van der Waals surface area (Å²) in [5.74, 6) is 1.62. The van der Waals surface area contributed by atoms with Crippen LogP contribution in [0.3, 0.4) is 0 Å². The first-order chi connectivity index (χ1) is 19.4. The number of ether oxygens (including phenoxy) is 1. The number of nitrogens with zero attached hydrogens (tertiary/aromatic N) is 5. The second kappa shape index (κ2) is 12.0. The summed E-state index contributed by atoms with van der Waals surface area (Å²) in [4.78, 5) is 45.1. The number of carbonyl (C=O) groups excluding carboxylic acids is 2. The van der Waals surface area contributed by atoms with Crippen molar-refractivity contribution in [3.8, 4) is 0 Å². The van der Waals surface area contributed by atoms with Crippen molar-refractivity contribution in [1.29, 1.82) is 0 Å². The number of alkyl halides is 3. The fourth-order valence-electron chi connectivity index (χ4n) is 4.72. The molecule has 0 spiro atoms. The minimum Gasteiger partial charge on any atom is -0.447 e. The monoisotopic (exact) mass is 641 g/mol. The molecule has 2 aromatic heterocycles. The number of fused-ring (bicyclic) bond motifs is 1. The van der Waals surface area contributed by atoms with E-state index >= 15 is 0 Å². The molecule has 1 aliphatic carbocycles. The SMILES string of the molecule is CC(C)(COC(=O)NC(=O)C(Cl)(Cl)Cl)Nc1nc(N2CC=C(c3ncc(C4CCC4)cn3)CC2)nc2c1[S@](=O)CC2. The van der Waals surface area contributed by atoms with E-state index in [-0.39, 0.29) is 6.61 Å². The van der Waals surface area contributed by atoms with Crippen LogP contribution < -0.4 is 15.5 Å². The van der Waals surface area contributed by atoms with E-state index in [1.165, 1.54) is 24.8 Å². The van der Waals surface area contributed by atoms with Gasteiger partial charge in [0.15, 0.2) is 5.82 Å². The highest BCUT2D eigenvalue weighted by Crippen LogP contribution is 2.36. The lowest BCUT2D eigenvalue weighted by Crippen LogP contribution is -2.43. The molecule has 220 valence electrons. The van der Waals surface area contributed by atoms with Gasteiger partial charge in [0.2, 0.25) is 5.95 Å². The number of hydrogen-bond donors (Lipinski definition) is 2. The Labute approximate surface area is 255 Å². The molecule has 3 aliphatic rings. The lowest BCUT2D eigenvalue weighted by molar-refractivity contribution is -0.119. The molecule has 2 aliphatic heterocycles. The van der Waals surface area contributed by atoms with E-state index in [2.05, 4.69) is 26.3 Å². The third kappa shape index (κ3) is 7.10. The number of nitrogens with one attached hydrogen (secondary N) is 2. The standard InChI is InChI=1S/C26H30Cl3N7O4S/c1-25(2,14-40-24(38)34-22(37)26(27,28)29)35-21-19-18(8-11-41(19)39)32-23(33-21)36-9-6-16(7-10-36)20-30-12-17(13-31-20)15-4-3-5-15/h6,12-13,15H,3-5,7-11,14H2,1-2H3,(H,32,33,35)(H,34,37,38)/t41-/m1/s1. The first kappa shape index (κ1) is 29.9. The minimum absolute atomic E-state index is 0.165. The van der Waals surface area contributed by atoms with Crippen LogP contribution in [-0.2, 0) is 26.8 Å². The van der Waals surface area contributed by atoms with E-state index in [9.17, 15) is 13.8 Å². The van der Waals surface area contributed by atoms with Gasteiger partial charge in [0.25, 0.3) is 9.70 Å². The Morgan fingerprint density at radius 3 is 2.49 bits per heavy atom. The van der Waals surface area contributed by atoms with E-state index in [0.29, 0.717) is 47.8 Å². The van der Waals surface area contributed by atoms with Crippen LogP contribution in [0.25, 0.3) is 5.57 Å². The van der Waals surface area contributed by atoms with Crippen molar-refractivity contribution in [2.24, 2.45) is 0 Å². The Morgan fingerprint density at radius 1 is 1.15 bits per heavy atom. The van der Waals surface area contributed by atoms with Crippen molar-refractivity contribution in [1.82, 2.24) is 25.3 Å². The van der Waals surface area contributed by atoms with Crippen LogP contribution in [0.4, 0.5) is 16.6 Å². The van der Waals surface area contributed by atoms with Gasteiger partial charge in [0.05, 0.1) is 22.0 Å². The molecule has 0 aromatic carbocycles. The van der Waals surface area contributed by atoms with Crippen molar-refractivity contribution >= 4 is 74.9 Å². The van der Waals surface area contributed by atoms with Gasteiger partial charge in [0, 0.05) is 37.7 Å². The molecule has 1 saturated carbocycles. The Kier molecular flexibility index (Phi) is 8.75. The van der Waals surface area contributed by atoms with Gasteiger partial charge in [-0.1, -0.05) is 47.3 Å². The maximum absolute atomic E-state index is 12.8. The molecule has 1 atom stereocenters. The topological polar surface area (TPSA) is 139 Å². The Morgan fingerprint density at radius 2 is 1.88 bits per heavy atom. The van der Waals surface area contributed by atoms with Gasteiger partial charge in [-0.3, -0.25) is 14.3 Å². The number of aromatic nitrogens is 4. The number of anilines is 2. The van der Waals surface area contributed by atoms with Crippen LogP contribution in [0.15, 0.2) is 23.4 Å². The summed E-state index contributed by atoms with van der Waals surface area (Å²) in [6.07, 6.45) is 9.94. The number of halogens is 3. The second-order valence-electron chi connectivity index (χ2n) is 10.9. The summed E-state index contributed by atoms with van der Waals surface area (Å²) < 4.78 is 15.7. The maximum atomic E-state index is 12.8. The molecule has 2 N–H and O–H groups in total. The summed E-state index contributed by atoms with van der Waals surface area (Å²) >= 11 is 16.4. The van der Waals surface area contributed by atoms with Crippen LogP contribution >= 0.6 is 34.8 Å². The smallest absolute Gasteiger partial charge is 0.414 e. The predicted molar refractivity (Wildman–Crippen MR) is 158 cm³/mol. The summed E-state index contributed by atoms with van der Waals surface area (Å²) in [7, 11) is -1.26. The molecule has 15 heteroatoms. The normalized spacial score (nSPS) is 19.2. The van der Waals surface area contributed by atoms with Gasteiger partial charge < -0.3 is 15.0 Å². The van der Waals surface area contributed by atoms with E-state index in [0.717, 1.165) is 23.5 Å². The number of aryl methyl sites for hydroxylation is 1. The Balaban J connectivity index is 1.27. The van der Waals surface area contributed by atoms with Crippen molar-refractivity contribution in [2.75, 3.05) is 35.7 Å². The highest BCUT2D eigenvalue weighted by molar-refractivity contribution is 7.85. The van der Waals surface area contributed by atoms with Gasteiger partial charge in [-0.05, 0) is 50.2 Å². The lowest BCUT2D eigenvalue weighted by Gasteiger charge is -2.30. The van der Waals surface area contributed by atoms with Crippen molar-refractivity contribution in [2.45, 2.75) is 66.1 Å². The number of imide groups is 1.